The third-order valence-electron chi connectivity index (χ3n) is 3.97. The molecule has 1 aromatic carbocycles. The van der Waals surface area contributed by atoms with Crippen LogP contribution in [-0.2, 0) is 10.5 Å². The molecule has 0 saturated carbocycles. The van der Waals surface area contributed by atoms with Crippen molar-refractivity contribution in [3.05, 3.63) is 47.8 Å². The molecular formula is C18H22N3O2S+. The van der Waals surface area contributed by atoms with Gasteiger partial charge in [-0.1, -0.05) is 17.1 Å². The molecule has 2 aromatic heterocycles. The molecule has 2 heterocycles. The van der Waals surface area contributed by atoms with Gasteiger partial charge in [-0.2, -0.15) is 12.6 Å². The summed E-state index contributed by atoms with van der Waals surface area (Å²) in [5.74, 6) is 2.26. The first-order valence-corrected chi connectivity index (χ1v) is 8.59. The standard InChI is InChI=1S/C18H21N3O2S/c1-13-16(12-24)21(9-8-17(13)23-11-5-10-22-2)18-19-14-6-3-4-7-15(14)20-18/h3-4,6-9H,5,10-12H2,1-2H3,(H-,19,20,24)/p+1. The van der Waals surface area contributed by atoms with E-state index < -0.39 is 0 Å². The van der Waals surface area contributed by atoms with E-state index in [1.54, 1.807) is 7.11 Å². The number of H-pyrrole nitrogens is 1. The van der Waals surface area contributed by atoms with Crippen molar-refractivity contribution < 1.29 is 14.0 Å². The van der Waals surface area contributed by atoms with Crippen LogP contribution in [0.25, 0.3) is 17.0 Å². The molecule has 0 fully saturated rings. The lowest BCUT2D eigenvalue weighted by atomic mass is 10.2. The highest BCUT2D eigenvalue weighted by Gasteiger charge is 2.19. The van der Waals surface area contributed by atoms with Gasteiger partial charge in [-0.05, 0) is 19.1 Å². The lowest BCUT2D eigenvalue weighted by Crippen LogP contribution is -2.37. The molecule has 6 heteroatoms. The number of hydrogen-bond acceptors (Lipinski definition) is 4. The first-order valence-electron chi connectivity index (χ1n) is 7.96. The smallest absolute Gasteiger partial charge is 0.402 e. The van der Waals surface area contributed by atoms with Gasteiger partial charge in [-0.3, -0.25) is 0 Å². The molecular weight excluding hydrogens is 322 g/mol. The molecule has 3 aromatic rings. The number of aromatic amines is 1. The van der Waals surface area contributed by atoms with E-state index in [0.717, 1.165) is 40.4 Å². The van der Waals surface area contributed by atoms with Crippen LogP contribution in [0.1, 0.15) is 17.7 Å². The number of nitrogens with zero attached hydrogens (tertiary/aromatic N) is 2. The molecule has 5 nitrogen and oxygen atoms in total. The van der Waals surface area contributed by atoms with Gasteiger partial charge in [0.25, 0.3) is 0 Å². The molecule has 0 aliphatic carbocycles. The van der Waals surface area contributed by atoms with E-state index in [1.165, 1.54) is 0 Å². The largest absolute Gasteiger partial charge is 0.493 e. The van der Waals surface area contributed by atoms with Gasteiger partial charge in [0, 0.05) is 37.5 Å². The third-order valence-corrected chi connectivity index (χ3v) is 4.27. The molecule has 0 unspecified atom stereocenters. The number of thiol groups is 1. The van der Waals surface area contributed by atoms with Crippen molar-refractivity contribution in [3.63, 3.8) is 0 Å². The van der Waals surface area contributed by atoms with Crippen LogP contribution >= 0.6 is 12.6 Å². The van der Waals surface area contributed by atoms with Gasteiger partial charge in [0.1, 0.15) is 17.0 Å². The van der Waals surface area contributed by atoms with Gasteiger partial charge in [0.05, 0.1) is 12.8 Å². The lowest BCUT2D eigenvalue weighted by Gasteiger charge is -2.13. The second-order valence-corrected chi connectivity index (χ2v) is 5.87. The first kappa shape index (κ1) is 16.8. The molecule has 0 saturated heterocycles. The molecule has 0 spiro atoms. The zero-order valence-electron chi connectivity index (χ0n) is 14.0. The van der Waals surface area contributed by atoms with Crippen LogP contribution in [0.5, 0.6) is 5.75 Å². The Morgan fingerprint density at radius 1 is 1.21 bits per heavy atom. The number of para-hydroxylation sites is 2. The summed E-state index contributed by atoms with van der Waals surface area (Å²) in [4.78, 5) is 8.02. The summed E-state index contributed by atoms with van der Waals surface area (Å²) in [6.45, 7) is 3.38. The zero-order chi connectivity index (χ0) is 16.9. The molecule has 1 N–H and O–H groups in total. The van der Waals surface area contributed by atoms with E-state index >= 15 is 0 Å². The predicted molar refractivity (Wildman–Crippen MR) is 97.0 cm³/mol. The Balaban J connectivity index is 1.92. The summed E-state index contributed by atoms with van der Waals surface area (Å²) >= 11 is 4.50. The summed E-state index contributed by atoms with van der Waals surface area (Å²) < 4.78 is 13.0. The number of imidazole rings is 1. The minimum atomic E-state index is 0.595. The van der Waals surface area contributed by atoms with Gasteiger partial charge in [-0.25, -0.2) is 9.55 Å². The number of rotatable bonds is 7. The fraction of sp³-hybridized carbons (Fsp3) is 0.333. The van der Waals surface area contributed by atoms with Crippen LogP contribution in [0.3, 0.4) is 0 Å². The van der Waals surface area contributed by atoms with E-state index in [2.05, 4.69) is 29.5 Å². The Kier molecular flexibility index (Phi) is 5.37. The van der Waals surface area contributed by atoms with Crippen LogP contribution in [0.15, 0.2) is 36.5 Å². The van der Waals surface area contributed by atoms with Crippen molar-refractivity contribution >= 4 is 23.7 Å². The minimum Gasteiger partial charge on any atom is -0.493 e. The highest BCUT2D eigenvalue weighted by molar-refractivity contribution is 7.79. The Bertz CT molecular complexity index is 799. The van der Waals surface area contributed by atoms with E-state index in [-0.39, 0.29) is 0 Å². The molecule has 3 rings (SSSR count). The quantitative estimate of drug-likeness (QED) is 0.394. The molecule has 0 amide bonds. The summed E-state index contributed by atoms with van der Waals surface area (Å²) in [5.41, 5.74) is 4.09. The minimum absolute atomic E-state index is 0.595. The second-order valence-electron chi connectivity index (χ2n) is 5.55. The van der Waals surface area contributed by atoms with Gasteiger partial charge in [-0.15, -0.1) is 0 Å². The summed E-state index contributed by atoms with van der Waals surface area (Å²) in [6, 6.07) is 9.97. The van der Waals surface area contributed by atoms with Gasteiger partial charge in [0.15, 0.2) is 5.52 Å². The number of methoxy groups -OCH3 is 1. The molecule has 0 bridgehead atoms. The number of ether oxygens (including phenoxy) is 2. The van der Waals surface area contributed by atoms with Crippen molar-refractivity contribution in [2.75, 3.05) is 20.3 Å². The van der Waals surface area contributed by atoms with Crippen LogP contribution in [0.2, 0.25) is 0 Å². The number of hydrogen-bond donors (Lipinski definition) is 2. The molecule has 24 heavy (non-hydrogen) atoms. The fourth-order valence-corrected chi connectivity index (χ4v) is 3.06. The third kappa shape index (κ3) is 3.39. The highest BCUT2D eigenvalue weighted by Crippen LogP contribution is 2.21. The number of nitrogens with one attached hydrogen (secondary N) is 1. The Hall–Kier alpha value is -2.05. The average Bonchev–Trinajstić information content (AvgIpc) is 3.03. The van der Waals surface area contributed by atoms with Crippen molar-refractivity contribution in [3.8, 4) is 11.7 Å². The summed E-state index contributed by atoms with van der Waals surface area (Å²) in [6.07, 6.45) is 2.84. The maximum Gasteiger partial charge on any atom is 0.402 e. The Morgan fingerprint density at radius 3 is 2.79 bits per heavy atom. The van der Waals surface area contributed by atoms with Crippen LogP contribution < -0.4 is 9.30 Å². The molecule has 0 atom stereocenters. The number of aromatic nitrogens is 3. The van der Waals surface area contributed by atoms with Crippen LogP contribution in [0, 0.1) is 6.92 Å². The van der Waals surface area contributed by atoms with E-state index in [0.29, 0.717) is 19.0 Å². The molecule has 126 valence electrons. The Labute approximate surface area is 147 Å². The highest BCUT2D eigenvalue weighted by atomic mass is 32.1. The van der Waals surface area contributed by atoms with E-state index in [4.69, 9.17) is 9.47 Å². The van der Waals surface area contributed by atoms with Crippen molar-refractivity contribution in [2.24, 2.45) is 0 Å². The summed E-state index contributed by atoms with van der Waals surface area (Å²) in [7, 11) is 1.70. The van der Waals surface area contributed by atoms with Gasteiger partial charge in [0.2, 0.25) is 0 Å². The Morgan fingerprint density at radius 2 is 2.04 bits per heavy atom. The number of pyridine rings is 1. The maximum atomic E-state index is 5.87. The molecule has 0 aliphatic heterocycles. The van der Waals surface area contributed by atoms with Gasteiger partial charge < -0.3 is 9.47 Å². The van der Waals surface area contributed by atoms with Crippen LogP contribution in [0.4, 0.5) is 0 Å². The van der Waals surface area contributed by atoms with E-state index in [9.17, 15) is 0 Å². The maximum absolute atomic E-state index is 5.87. The van der Waals surface area contributed by atoms with Crippen LogP contribution in [-0.4, -0.2) is 30.3 Å². The monoisotopic (exact) mass is 344 g/mol. The zero-order valence-corrected chi connectivity index (χ0v) is 14.8. The molecule has 0 radical (unpaired) electrons. The van der Waals surface area contributed by atoms with Crippen molar-refractivity contribution in [1.82, 2.24) is 9.97 Å². The fourth-order valence-electron chi connectivity index (χ4n) is 2.67. The summed E-state index contributed by atoms with van der Waals surface area (Å²) in [5, 5.41) is 0. The average molecular weight is 344 g/mol. The SMILES string of the molecule is COCCCOc1cc[n+](-c2nc3ccccc3[nH]2)c(CS)c1C. The topological polar surface area (TPSA) is 51.0 Å². The predicted octanol–water partition coefficient (Wildman–Crippen LogP) is 2.99. The van der Waals surface area contributed by atoms with Crippen molar-refractivity contribution in [1.29, 1.82) is 0 Å². The number of fused-ring (bicyclic) bond motifs is 1. The first-order chi connectivity index (χ1) is 11.7. The van der Waals surface area contributed by atoms with Crippen molar-refractivity contribution in [2.45, 2.75) is 19.1 Å². The second kappa shape index (κ2) is 7.68. The van der Waals surface area contributed by atoms with Gasteiger partial charge >= 0.3 is 5.95 Å². The van der Waals surface area contributed by atoms with E-state index in [1.807, 2.05) is 41.1 Å². The number of benzene rings is 1. The lowest BCUT2D eigenvalue weighted by molar-refractivity contribution is -0.610. The normalized spacial score (nSPS) is 11.1. The molecule has 0 aliphatic rings.